The number of amides is 1. The molecule has 1 aromatic carbocycles. The van der Waals surface area contributed by atoms with E-state index in [-0.39, 0.29) is 17.9 Å². The minimum Gasteiger partial charge on any atom is -0.334 e. The van der Waals surface area contributed by atoms with Gasteiger partial charge in [0.05, 0.1) is 11.0 Å². The smallest absolute Gasteiger partial charge is 0.254 e. The lowest BCUT2D eigenvalue weighted by molar-refractivity contribution is 0.0692. The van der Waals surface area contributed by atoms with Crippen molar-refractivity contribution in [1.82, 2.24) is 4.90 Å². The molecule has 0 aromatic heterocycles. The molecule has 0 bridgehead atoms. The standard InChI is InChI=1S/C13H15F2NO3S/c1-8-9(2)20(18,19)4-3-16(8)13(17)10-5-11(14)7-12(15)6-10/h5-9H,3-4H2,1-2H3/t8-,9-/m0/s1. The van der Waals surface area contributed by atoms with Crippen LogP contribution in [-0.4, -0.2) is 42.8 Å². The van der Waals surface area contributed by atoms with Crippen LogP contribution in [0.4, 0.5) is 8.78 Å². The Labute approximate surface area is 116 Å². The Balaban J connectivity index is 2.30. The number of sulfone groups is 1. The molecule has 20 heavy (non-hydrogen) atoms. The molecule has 0 spiro atoms. The van der Waals surface area contributed by atoms with Gasteiger partial charge in [0.15, 0.2) is 9.84 Å². The van der Waals surface area contributed by atoms with Crippen LogP contribution in [-0.2, 0) is 9.84 Å². The highest BCUT2D eigenvalue weighted by Gasteiger charge is 2.38. The second-order valence-corrected chi connectivity index (χ2v) is 7.45. The average molecular weight is 303 g/mol. The maximum atomic E-state index is 13.1. The van der Waals surface area contributed by atoms with Gasteiger partial charge in [-0.05, 0) is 26.0 Å². The lowest BCUT2D eigenvalue weighted by Crippen LogP contribution is -2.54. The summed E-state index contributed by atoms with van der Waals surface area (Å²) in [6.45, 7) is 3.19. The van der Waals surface area contributed by atoms with E-state index in [0.29, 0.717) is 6.07 Å². The third-order valence-electron chi connectivity index (χ3n) is 3.72. The Morgan fingerprint density at radius 2 is 1.75 bits per heavy atom. The van der Waals surface area contributed by atoms with Crippen molar-refractivity contribution in [3.63, 3.8) is 0 Å². The Hall–Kier alpha value is -1.50. The first kappa shape index (κ1) is 14.9. The molecule has 2 rings (SSSR count). The van der Waals surface area contributed by atoms with E-state index in [1.807, 2.05) is 0 Å². The summed E-state index contributed by atoms with van der Waals surface area (Å²) < 4.78 is 49.8. The van der Waals surface area contributed by atoms with Crippen molar-refractivity contribution >= 4 is 15.7 Å². The molecule has 1 saturated heterocycles. The Bertz CT molecular complexity index is 625. The van der Waals surface area contributed by atoms with E-state index in [4.69, 9.17) is 0 Å². The van der Waals surface area contributed by atoms with Crippen molar-refractivity contribution in [1.29, 1.82) is 0 Å². The van der Waals surface area contributed by atoms with E-state index < -0.39 is 38.7 Å². The van der Waals surface area contributed by atoms with Gasteiger partial charge in [-0.1, -0.05) is 0 Å². The van der Waals surface area contributed by atoms with Crippen LogP contribution in [0.3, 0.4) is 0 Å². The summed E-state index contributed by atoms with van der Waals surface area (Å²) in [6, 6.07) is 2.05. The highest BCUT2D eigenvalue weighted by atomic mass is 32.2. The lowest BCUT2D eigenvalue weighted by atomic mass is 10.1. The van der Waals surface area contributed by atoms with E-state index in [1.165, 1.54) is 11.8 Å². The van der Waals surface area contributed by atoms with Crippen LogP contribution in [0, 0.1) is 11.6 Å². The SMILES string of the molecule is C[C@H]1[C@H](C)S(=O)(=O)CCN1C(=O)c1cc(F)cc(F)c1. The molecule has 2 atom stereocenters. The lowest BCUT2D eigenvalue weighted by Gasteiger charge is -2.37. The van der Waals surface area contributed by atoms with Crippen LogP contribution in [0.5, 0.6) is 0 Å². The number of benzene rings is 1. The van der Waals surface area contributed by atoms with Gasteiger partial charge in [-0.15, -0.1) is 0 Å². The van der Waals surface area contributed by atoms with Crippen LogP contribution in [0.2, 0.25) is 0 Å². The highest BCUT2D eigenvalue weighted by Crippen LogP contribution is 2.22. The summed E-state index contributed by atoms with van der Waals surface area (Å²) >= 11 is 0. The fourth-order valence-corrected chi connectivity index (χ4v) is 3.87. The molecule has 0 saturated carbocycles. The van der Waals surface area contributed by atoms with Crippen LogP contribution in [0.1, 0.15) is 24.2 Å². The molecule has 0 aliphatic carbocycles. The third kappa shape index (κ3) is 2.67. The van der Waals surface area contributed by atoms with Gasteiger partial charge >= 0.3 is 0 Å². The van der Waals surface area contributed by atoms with E-state index >= 15 is 0 Å². The van der Waals surface area contributed by atoms with Gasteiger partial charge in [-0.3, -0.25) is 4.79 Å². The molecular formula is C13H15F2NO3S. The molecule has 7 heteroatoms. The number of halogens is 2. The van der Waals surface area contributed by atoms with Gasteiger partial charge < -0.3 is 4.90 Å². The number of rotatable bonds is 1. The molecule has 0 unspecified atom stereocenters. The van der Waals surface area contributed by atoms with Gasteiger partial charge in [0.25, 0.3) is 5.91 Å². The zero-order valence-electron chi connectivity index (χ0n) is 11.1. The molecule has 1 amide bonds. The second-order valence-electron chi connectivity index (χ2n) is 4.97. The zero-order chi connectivity index (χ0) is 15.1. The predicted octanol–water partition coefficient (Wildman–Crippen LogP) is 1.61. The van der Waals surface area contributed by atoms with Crippen molar-refractivity contribution in [3.05, 3.63) is 35.4 Å². The average Bonchev–Trinajstić information content (AvgIpc) is 2.34. The third-order valence-corrected chi connectivity index (χ3v) is 6.00. The molecule has 1 aliphatic rings. The second kappa shape index (κ2) is 5.12. The molecule has 1 heterocycles. The Morgan fingerprint density at radius 3 is 2.30 bits per heavy atom. The number of nitrogens with zero attached hydrogens (tertiary/aromatic N) is 1. The summed E-state index contributed by atoms with van der Waals surface area (Å²) in [5.74, 6) is -2.36. The molecule has 0 N–H and O–H groups in total. The van der Waals surface area contributed by atoms with Crippen molar-refractivity contribution in [2.75, 3.05) is 12.3 Å². The Kier molecular flexibility index (Phi) is 3.82. The van der Waals surface area contributed by atoms with E-state index in [0.717, 1.165) is 12.1 Å². The van der Waals surface area contributed by atoms with E-state index in [9.17, 15) is 22.0 Å². The molecule has 1 fully saturated rings. The fourth-order valence-electron chi connectivity index (χ4n) is 2.30. The fraction of sp³-hybridized carbons (Fsp3) is 0.462. The van der Waals surface area contributed by atoms with Crippen LogP contribution >= 0.6 is 0 Å². The normalized spacial score (nSPS) is 25.5. The van der Waals surface area contributed by atoms with Gasteiger partial charge in [-0.25, -0.2) is 17.2 Å². The minimum absolute atomic E-state index is 0.0325. The van der Waals surface area contributed by atoms with Crippen LogP contribution < -0.4 is 0 Å². The quantitative estimate of drug-likeness (QED) is 0.792. The summed E-state index contributed by atoms with van der Waals surface area (Å²) in [6.07, 6.45) is 0. The Morgan fingerprint density at radius 1 is 1.20 bits per heavy atom. The van der Waals surface area contributed by atoms with Gasteiger partial charge in [0, 0.05) is 24.2 Å². The first-order valence-electron chi connectivity index (χ1n) is 6.21. The molecular weight excluding hydrogens is 288 g/mol. The summed E-state index contributed by atoms with van der Waals surface area (Å²) in [5.41, 5.74) is -0.110. The number of carbonyl (C=O) groups excluding carboxylic acids is 1. The van der Waals surface area contributed by atoms with Crippen molar-refractivity contribution in [2.24, 2.45) is 0 Å². The number of hydrogen-bond donors (Lipinski definition) is 0. The molecule has 4 nitrogen and oxygen atoms in total. The van der Waals surface area contributed by atoms with Crippen molar-refractivity contribution < 1.29 is 22.0 Å². The number of hydrogen-bond acceptors (Lipinski definition) is 3. The number of carbonyl (C=O) groups is 1. The summed E-state index contributed by atoms with van der Waals surface area (Å²) in [5, 5.41) is -0.696. The molecule has 0 radical (unpaired) electrons. The largest absolute Gasteiger partial charge is 0.334 e. The topological polar surface area (TPSA) is 54.5 Å². The first-order chi connectivity index (χ1) is 9.22. The predicted molar refractivity (Wildman–Crippen MR) is 70.1 cm³/mol. The van der Waals surface area contributed by atoms with Gasteiger partial charge in [0.2, 0.25) is 0 Å². The monoisotopic (exact) mass is 303 g/mol. The molecule has 1 aliphatic heterocycles. The van der Waals surface area contributed by atoms with E-state index in [2.05, 4.69) is 0 Å². The maximum Gasteiger partial charge on any atom is 0.254 e. The van der Waals surface area contributed by atoms with Crippen LogP contribution in [0.25, 0.3) is 0 Å². The van der Waals surface area contributed by atoms with Crippen molar-refractivity contribution in [2.45, 2.75) is 25.1 Å². The van der Waals surface area contributed by atoms with E-state index in [1.54, 1.807) is 6.92 Å². The highest BCUT2D eigenvalue weighted by molar-refractivity contribution is 7.92. The minimum atomic E-state index is -3.22. The summed E-state index contributed by atoms with van der Waals surface area (Å²) in [4.78, 5) is 13.6. The first-order valence-corrected chi connectivity index (χ1v) is 7.92. The molecule has 110 valence electrons. The van der Waals surface area contributed by atoms with Gasteiger partial charge in [0.1, 0.15) is 11.6 Å². The maximum absolute atomic E-state index is 13.1. The zero-order valence-corrected chi connectivity index (χ0v) is 12.0. The van der Waals surface area contributed by atoms with Crippen LogP contribution in [0.15, 0.2) is 18.2 Å². The molecule has 1 aromatic rings. The summed E-state index contributed by atoms with van der Waals surface area (Å²) in [7, 11) is -3.22. The van der Waals surface area contributed by atoms with Gasteiger partial charge in [-0.2, -0.15) is 0 Å². The van der Waals surface area contributed by atoms with Crippen molar-refractivity contribution in [3.8, 4) is 0 Å².